The van der Waals surface area contributed by atoms with Crippen LogP contribution in [-0.4, -0.2) is 32.8 Å². The van der Waals surface area contributed by atoms with E-state index < -0.39 is 11.9 Å². The van der Waals surface area contributed by atoms with Crippen molar-refractivity contribution in [3.63, 3.8) is 0 Å². The van der Waals surface area contributed by atoms with Crippen LogP contribution in [0.2, 0.25) is 0 Å². The molecule has 22 heavy (non-hydrogen) atoms. The Morgan fingerprint density at radius 1 is 1.14 bits per heavy atom. The molecule has 0 aliphatic heterocycles. The summed E-state index contributed by atoms with van der Waals surface area (Å²) in [5.41, 5.74) is 0.948. The molecule has 5 nitrogen and oxygen atoms in total. The zero-order valence-electron chi connectivity index (χ0n) is 13.3. The number of unbranched alkanes of at least 4 members (excludes halogenated alkanes) is 1. The van der Waals surface area contributed by atoms with Crippen molar-refractivity contribution < 1.29 is 23.8 Å². The van der Waals surface area contributed by atoms with Crippen LogP contribution in [0, 0.1) is 0 Å². The van der Waals surface area contributed by atoms with Crippen molar-refractivity contribution in [1.29, 1.82) is 0 Å². The van der Waals surface area contributed by atoms with Crippen molar-refractivity contribution in [3.8, 4) is 5.75 Å². The Morgan fingerprint density at radius 3 is 2.50 bits per heavy atom. The molecule has 1 aromatic carbocycles. The Morgan fingerprint density at radius 2 is 1.86 bits per heavy atom. The number of hydrogen-bond donors (Lipinski definition) is 0. The van der Waals surface area contributed by atoms with Crippen LogP contribution in [0.3, 0.4) is 0 Å². The van der Waals surface area contributed by atoms with Crippen molar-refractivity contribution in [3.05, 3.63) is 35.4 Å². The van der Waals surface area contributed by atoms with E-state index >= 15 is 0 Å². The number of carbonyl (C=O) groups excluding carboxylic acids is 2. The number of methoxy groups -OCH3 is 2. The Kier molecular flexibility index (Phi) is 7.75. The third-order valence-electron chi connectivity index (χ3n) is 3.01. The second kappa shape index (κ2) is 9.60. The van der Waals surface area contributed by atoms with E-state index in [-0.39, 0.29) is 12.0 Å². The van der Waals surface area contributed by atoms with Crippen LogP contribution in [0.15, 0.2) is 29.8 Å². The molecule has 0 atom stereocenters. The lowest BCUT2D eigenvalue weighted by atomic mass is 10.1. The predicted molar refractivity (Wildman–Crippen MR) is 83.5 cm³/mol. The maximum atomic E-state index is 11.8. The fraction of sp³-hybridized carbons (Fsp3) is 0.412. The minimum absolute atomic E-state index is 0.146. The highest BCUT2D eigenvalue weighted by atomic mass is 16.5. The summed E-state index contributed by atoms with van der Waals surface area (Å²) < 4.78 is 15.0. The van der Waals surface area contributed by atoms with Gasteiger partial charge in [0.1, 0.15) is 5.75 Å². The Labute approximate surface area is 130 Å². The van der Waals surface area contributed by atoms with E-state index in [0.29, 0.717) is 12.4 Å². The summed E-state index contributed by atoms with van der Waals surface area (Å²) in [7, 11) is 2.55. The zero-order chi connectivity index (χ0) is 16.4. The first-order chi connectivity index (χ1) is 10.6. The molecule has 0 aliphatic rings. The van der Waals surface area contributed by atoms with Crippen molar-refractivity contribution in [2.75, 3.05) is 20.8 Å². The molecular weight excluding hydrogens is 284 g/mol. The summed E-state index contributed by atoms with van der Waals surface area (Å²) >= 11 is 0. The molecule has 0 fully saturated rings. The molecular formula is C17H22O5. The summed E-state index contributed by atoms with van der Waals surface area (Å²) in [6, 6.07) is 7.35. The highest BCUT2D eigenvalue weighted by molar-refractivity contribution is 5.98. The van der Waals surface area contributed by atoms with Gasteiger partial charge in [0.2, 0.25) is 0 Å². The van der Waals surface area contributed by atoms with Gasteiger partial charge in [0.05, 0.1) is 27.2 Å². The van der Waals surface area contributed by atoms with E-state index in [1.165, 1.54) is 14.2 Å². The monoisotopic (exact) mass is 306 g/mol. The molecule has 0 saturated carbocycles. The van der Waals surface area contributed by atoms with Gasteiger partial charge < -0.3 is 14.2 Å². The molecule has 0 N–H and O–H groups in total. The van der Waals surface area contributed by atoms with Gasteiger partial charge in [-0.05, 0) is 18.6 Å². The summed E-state index contributed by atoms with van der Waals surface area (Å²) in [6.07, 6.45) is 3.44. The molecule has 1 aromatic rings. The lowest BCUT2D eigenvalue weighted by Crippen LogP contribution is -2.11. The number of benzene rings is 1. The molecule has 0 aliphatic carbocycles. The summed E-state index contributed by atoms with van der Waals surface area (Å²) in [5, 5.41) is 0. The van der Waals surface area contributed by atoms with E-state index in [1.807, 2.05) is 24.3 Å². The van der Waals surface area contributed by atoms with Crippen molar-refractivity contribution in [1.82, 2.24) is 0 Å². The maximum absolute atomic E-state index is 11.8. The smallest absolute Gasteiger partial charge is 0.334 e. The number of rotatable bonds is 8. The van der Waals surface area contributed by atoms with Crippen LogP contribution in [0.5, 0.6) is 5.75 Å². The van der Waals surface area contributed by atoms with Gasteiger partial charge in [0.15, 0.2) is 0 Å². The Bertz CT molecular complexity index is 534. The van der Waals surface area contributed by atoms with E-state index in [4.69, 9.17) is 9.47 Å². The molecule has 0 aromatic heterocycles. The normalized spacial score (nSPS) is 11.0. The first-order valence-electron chi connectivity index (χ1n) is 7.19. The second-order valence-electron chi connectivity index (χ2n) is 4.65. The number of para-hydroxylation sites is 1. The average Bonchev–Trinajstić information content (AvgIpc) is 2.55. The number of carbonyl (C=O) groups is 2. The minimum Gasteiger partial charge on any atom is -0.493 e. The average molecular weight is 306 g/mol. The van der Waals surface area contributed by atoms with Gasteiger partial charge in [0.25, 0.3) is 0 Å². The molecule has 1 rings (SSSR count). The van der Waals surface area contributed by atoms with Crippen LogP contribution in [0.4, 0.5) is 0 Å². The largest absolute Gasteiger partial charge is 0.493 e. The lowest BCUT2D eigenvalue weighted by molar-refractivity contribution is -0.143. The fourth-order valence-electron chi connectivity index (χ4n) is 1.79. The summed E-state index contributed by atoms with van der Waals surface area (Å²) in [5.74, 6) is -0.392. The molecule has 0 unspecified atom stereocenters. The molecule has 0 heterocycles. The first-order valence-corrected chi connectivity index (χ1v) is 7.19. The number of esters is 2. The molecule has 0 radical (unpaired) electrons. The highest BCUT2D eigenvalue weighted by Gasteiger charge is 2.16. The molecule has 0 spiro atoms. The van der Waals surface area contributed by atoms with Gasteiger partial charge >= 0.3 is 11.9 Å². The first kappa shape index (κ1) is 17.8. The van der Waals surface area contributed by atoms with Gasteiger partial charge in [0, 0.05) is 11.1 Å². The van der Waals surface area contributed by atoms with Gasteiger partial charge in [-0.15, -0.1) is 0 Å². The van der Waals surface area contributed by atoms with Crippen LogP contribution in [0.25, 0.3) is 6.08 Å². The molecule has 0 amide bonds. The predicted octanol–water partition coefficient (Wildman–Crippen LogP) is 2.99. The van der Waals surface area contributed by atoms with Gasteiger partial charge in [-0.2, -0.15) is 0 Å². The maximum Gasteiger partial charge on any atom is 0.334 e. The topological polar surface area (TPSA) is 61.8 Å². The standard InChI is InChI=1S/C17H22O5/c1-4-5-10-22-15-9-7-6-8-13(15)11-14(17(19)21-3)12-16(18)20-2/h6-9,11H,4-5,10,12H2,1-3H3. The summed E-state index contributed by atoms with van der Waals surface area (Å²) in [6.45, 7) is 2.69. The minimum atomic E-state index is -0.561. The third kappa shape index (κ3) is 5.60. The van der Waals surface area contributed by atoms with E-state index in [2.05, 4.69) is 11.7 Å². The van der Waals surface area contributed by atoms with Crippen molar-refractivity contribution in [2.24, 2.45) is 0 Å². The van der Waals surface area contributed by atoms with E-state index in [1.54, 1.807) is 6.08 Å². The SMILES string of the molecule is CCCCOc1ccccc1C=C(CC(=O)OC)C(=O)OC. The zero-order valence-corrected chi connectivity index (χ0v) is 13.3. The van der Waals surface area contributed by atoms with E-state index in [0.717, 1.165) is 18.4 Å². The van der Waals surface area contributed by atoms with Crippen LogP contribution in [0.1, 0.15) is 31.7 Å². The fourth-order valence-corrected chi connectivity index (χ4v) is 1.79. The van der Waals surface area contributed by atoms with Gasteiger partial charge in [-0.25, -0.2) is 4.79 Å². The van der Waals surface area contributed by atoms with E-state index in [9.17, 15) is 9.59 Å². The van der Waals surface area contributed by atoms with Gasteiger partial charge in [-0.3, -0.25) is 4.79 Å². The quantitative estimate of drug-likeness (QED) is 0.420. The van der Waals surface area contributed by atoms with Gasteiger partial charge in [-0.1, -0.05) is 31.5 Å². The summed E-state index contributed by atoms with van der Waals surface area (Å²) in [4.78, 5) is 23.2. The van der Waals surface area contributed by atoms with Crippen LogP contribution < -0.4 is 4.74 Å². The Balaban J connectivity index is 3.03. The Hall–Kier alpha value is -2.30. The third-order valence-corrected chi connectivity index (χ3v) is 3.01. The molecule has 0 bridgehead atoms. The molecule has 5 heteroatoms. The molecule has 0 saturated heterocycles. The lowest BCUT2D eigenvalue weighted by Gasteiger charge is -2.10. The van der Waals surface area contributed by atoms with Crippen molar-refractivity contribution in [2.45, 2.75) is 26.2 Å². The van der Waals surface area contributed by atoms with Crippen molar-refractivity contribution >= 4 is 18.0 Å². The second-order valence-corrected chi connectivity index (χ2v) is 4.65. The number of hydrogen-bond acceptors (Lipinski definition) is 5. The van der Waals surface area contributed by atoms with Crippen LogP contribution in [-0.2, 0) is 19.1 Å². The number of ether oxygens (including phenoxy) is 3. The van der Waals surface area contributed by atoms with Crippen LogP contribution >= 0.6 is 0 Å². The highest BCUT2D eigenvalue weighted by Crippen LogP contribution is 2.23. The molecule has 120 valence electrons.